The molecule has 1 N–H and O–H groups in total. The minimum Gasteiger partial charge on any atom is -0.359 e. The molecule has 90 valence electrons. The number of halogens is 1. The van der Waals surface area contributed by atoms with E-state index in [1.807, 2.05) is 25.1 Å². The fourth-order valence-corrected chi connectivity index (χ4v) is 2.48. The average Bonchev–Trinajstić information content (AvgIpc) is 2.69. The Hall–Kier alpha value is -1.80. The molecule has 0 radical (unpaired) electrons. The van der Waals surface area contributed by atoms with Gasteiger partial charge in [0.1, 0.15) is 5.15 Å². The molecule has 0 bridgehead atoms. The van der Waals surface area contributed by atoms with E-state index in [0.29, 0.717) is 5.15 Å². The molecule has 2 heterocycles. The molecule has 0 fully saturated rings. The second kappa shape index (κ2) is 4.14. The number of benzene rings is 1. The zero-order chi connectivity index (χ0) is 12.7. The van der Waals surface area contributed by atoms with Crippen LogP contribution in [0.15, 0.2) is 36.4 Å². The number of H-pyrrole nitrogens is 1. The smallest absolute Gasteiger partial charge is 0.131 e. The van der Waals surface area contributed by atoms with Gasteiger partial charge in [0, 0.05) is 16.6 Å². The third kappa shape index (κ3) is 1.79. The molecule has 0 saturated heterocycles. The van der Waals surface area contributed by atoms with Gasteiger partial charge in [0.15, 0.2) is 0 Å². The highest BCUT2D eigenvalue weighted by Gasteiger charge is 2.11. The SMILES string of the molecule is Cc1cc2c(-c3ccccc3C)nc(Cl)cc2[nH]1. The first-order chi connectivity index (χ1) is 8.65. The molecule has 2 nitrogen and oxygen atoms in total. The van der Waals surface area contributed by atoms with Gasteiger partial charge in [-0.3, -0.25) is 0 Å². The van der Waals surface area contributed by atoms with Gasteiger partial charge in [-0.1, -0.05) is 35.9 Å². The topological polar surface area (TPSA) is 28.7 Å². The van der Waals surface area contributed by atoms with Crippen molar-refractivity contribution in [1.29, 1.82) is 0 Å². The van der Waals surface area contributed by atoms with E-state index in [1.54, 1.807) is 0 Å². The van der Waals surface area contributed by atoms with Crippen LogP contribution in [0.1, 0.15) is 11.3 Å². The van der Waals surface area contributed by atoms with Crippen molar-refractivity contribution in [3.8, 4) is 11.3 Å². The number of fused-ring (bicyclic) bond motifs is 1. The lowest BCUT2D eigenvalue weighted by molar-refractivity contribution is 1.29. The number of aryl methyl sites for hydroxylation is 2. The number of nitrogens with zero attached hydrogens (tertiary/aromatic N) is 1. The van der Waals surface area contributed by atoms with Crippen LogP contribution in [0.4, 0.5) is 0 Å². The Morgan fingerprint density at radius 1 is 1.11 bits per heavy atom. The van der Waals surface area contributed by atoms with E-state index < -0.39 is 0 Å². The molecule has 0 aliphatic rings. The van der Waals surface area contributed by atoms with Gasteiger partial charge in [-0.05, 0) is 31.5 Å². The molecule has 0 atom stereocenters. The van der Waals surface area contributed by atoms with Gasteiger partial charge in [0.25, 0.3) is 0 Å². The van der Waals surface area contributed by atoms with Crippen LogP contribution in [0, 0.1) is 13.8 Å². The Morgan fingerprint density at radius 2 is 1.89 bits per heavy atom. The Morgan fingerprint density at radius 3 is 2.67 bits per heavy atom. The number of rotatable bonds is 1. The summed E-state index contributed by atoms with van der Waals surface area (Å²) in [6, 6.07) is 12.2. The van der Waals surface area contributed by atoms with Crippen molar-refractivity contribution in [2.75, 3.05) is 0 Å². The molecular formula is C15H13ClN2. The zero-order valence-corrected chi connectivity index (χ0v) is 11.0. The fourth-order valence-electron chi connectivity index (χ4n) is 2.28. The van der Waals surface area contributed by atoms with Gasteiger partial charge in [-0.25, -0.2) is 4.98 Å². The molecular weight excluding hydrogens is 244 g/mol. The maximum absolute atomic E-state index is 6.10. The highest BCUT2D eigenvalue weighted by molar-refractivity contribution is 6.30. The molecule has 0 spiro atoms. The number of nitrogens with one attached hydrogen (secondary N) is 1. The lowest BCUT2D eigenvalue weighted by Gasteiger charge is -2.06. The maximum atomic E-state index is 6.10. The van der Waals surface area contributed by atoms with E-state index >= 15 is 0 Å². The van der Waals surface area contributed by atoms with Crippen molar-refractivity contribution in [2.24, 2.45) is 0 Å². The molecule has 0 amide bonds. The van der Waals surface area contributed by atoms with Crippen LogP contribution >= 0.6 is 11.6 Å². The van der Waals surface area contributed by atoms with Crippen molar-refractivity contribution in [3.05, 3.63) is 52.8 Å². The minimum absolute atomic E-state index is 0.516. The molecule has 3 heteroatoms. The highest BCUT2D eigenvalue weighted by atomic mass is 35.5. The normalized spacial score (nSPS) is 11.1. The lowest BCUT2D eigenvalue weighted by Crippen LogP contribution is -1.88. The first-order valence-electron chi connectivity index (χ1n) is 5.87. The Bertz CT molecular complexity index is 728. The molecule has 0 unspecified atom stereocenters. The van der Waals surface area contributed by atoms with Crippen molar-refractivity contribution in [2.45, 2.75) is 13.8 Å². The molecule has 0 saturated carbocycles. The fraction of sp³-hybridized carbons (Fsp3) is 0.133. The van der Waals surface area contributed by atoms with E-state index in [0.717, 1.165) is 27.9 Å². The number of aromatic amines is 1. The summed E-state index contributed by atoms with van der Waals surface area (Å²) in [5, 5.41) is 1.63. The second-order valence-corrected chi connectivity index (χ2v) is 4.91. The number of hydrogen-bond donors (Lipinski definition) is 1. The average molecular weight is 257 g/mol. The van der Waals surface area contributed by atoms with Crippen molar-refractivity contribution >= 4 is 22.5 Å². The van der Waals surface area contributed by atoms with Crippen LogP contribution in [0.2, 0.25) is 5.15 Å². The van der Waals surface area contributed by atoms with E-state index in [-0.39, 0.29) is 0 Å². The Kier molecular flexibility index (Phi) is 2.60. The predicted molar refractivity (Wildman–Crippen MR) is 76.0 cm³/mol. The monoisotopic (exact) mass is 256 g/mol. The van der Waals surface area contributed by atoms with Crippen LogP contribution in [0.25, 0.3) is 22.2 Å². The second-order valence-electron chi connectivity index (χ2n) is 4.52. The third-order valence-electron chi connectivity index (χ3n) is 3.12. The zero-order valence-electron chi connectivity index (χ0n) is 10.3. The maximum Gasteiger partial charge on any atom is 0.131 e. The number of hydrogen-bond acceptors (Lipinski definition) is 1. The van der Waals surface area contributed by atoms with Crippen molar-refractivity contribution in [1.82, 2.24) is 9.97 Å². The highest BCUT2D eigenvalue weighted by Crippen LogP contribution is 2.31. The first-order valence-corrected chi connectivity index (χ1v) is 6.25. The van der Waals surface area contributed by atoms with Gasteiger partial charge in [-0.15, -0.1) is 0 Å². The summed E-state index contributed by atoms with van der Waals surface area (Å²) in [6.07, 6.45) is 0. The van der Waals surface area contributed by atoms with E-state index in [1.165, 1.54) is 5.56 Å². The van der Waals surface area contributed by atoms with Crippen LogP contribution in [0.3, 0.4) is 0 Å². The summed E-state index contributed by atoms with van der Waals surface area (Å²) in [5.74, 6) is 0. The summed E-state index contributed by atoms with van der Waals surface area (Å²) in [4.78, 5) is 7.80. The molecule has 1 aromatic carbocycles. The number of pyridine rings is 1. The van der Waals surface area contributed by atoms with Gasteiger partial charge in [0.05, 0.1) is 11.2 Å². The Labute approximate surface area is 111 Å². The third-order valence-corrected chi connectivity index (χ3v) is 3.31. The van der Waals surface area contributed by atoms with Crippen molar-refractivity contribution in [3.63, 3.8) is 0 Å². The molecule has 18 heavy (non-hydrogen) atoms. The van der Waals surface area contributed by atoms with Crippen LogP contribution in [-0.2, 0) is 0 Å². The predicted octanol–water partition coefficient (Wildman–Crippen LogP) is 4.50. The lowest BCUT2D eigenvalue weighted by atomic mass is 10.0. The van der Waals surface area contributed by atoms with E-state index in [4.69, 9.17) is 11.6 Å². The summed E-state index contributed by atoms with van der Waals surface area (Å²) < 4.78 is 0. The summed E-state index contributed by atoms with van der Waals surface area (Å²) >= 11 is 6.10. The number of aromatic nitrogens is 2. The first kappa shape index (κ1) is 11.3. The molecule has 0 aliphatic heterocycles. The van der Waals surface area contributed by atoms with Gasteiger partial charge < -0.3 is 4.98 Å². The largest absolute Gasteiger partial charge is 0.359 e. The van der Waals surface area contributed by atoms with Crippen LogP contribution in [0.5, 0.6) is 0 Å². The Balaban J connectivity index is 2.38. The quantitative estimate of drug-likeness (QED) is 0.638. The molecule has 0 aliphatic carbocycles. The van der Waals surface area contributed by atoms with E-state index in [2.05, 4.69) is 35.1 Å². The minimum atomic E-state index is 0.516. The summed E-state index contributed by atoms with van der Waals surface area (Å²) in [5.41, 5.74) is 5.42. The molecule has 2 aromatic heterocycles. The van der Waals surface area contributed by atoms with Gasteiger partial charge in [-0.2, -0.15) is 0 Å². The molecule has 3 aromatic rings. The molecule has 3 rings (SSSR count). The van der Waals surface area contributed by atoms with Crippen LogP contribution < -0.4 is 0 Å². The van der Waals surface area contributed by atoms with Crippen LogP contribution in [-0.4, -0.2) is 9.97 Å². The van der Waals surface area contributed by atoms with E-state index in [9.17, 15) is 0 Å². The van der Waals surface area contributed by atoms with Crippen molar-refractivity contribution < 1.29 is 0 Å². The summed E-state index contributed by atoms with van der Waals surface area (Å²) in [7, 11) is 0. The van der Waals surface area contributed by atoms with Gasteiger partial charge in [0.2, 0.25) is 0 Å². The standard InChI is InChI=1S/C15H13ClN2/c1-9-5-3-4-6-11(9)15-12-7-10(2)17-13(12)8-14(16)18-15/h3-8,17H,1-2H3. The summed E-state index contributed by atoms with van der Waals surface area (Å²) in [6.45, 7) is 4.12. The van der Waals surface area contributed by atoms with Gasteiger partial charge >= 0.3 is 0 Å².